The molecule has 0 amide bonds. The van der Waals surface area contributed by atoms with Crippen molar-refractivity contribution in [2.24, 2.45) is 0 Å². The summed E-state index contributed by atoms with van der Waals surface area (Å²) in [6.07, 6.45) is 6.90. The van der Waals surface area contributed by atoms with Crippen LogP contribution < -0.4 is 27.5 Å². The molecular weight excluding hydrogens is 434 g/mol. The van der Waals surface area contributed by atoms with Crippen molar-refractivity contribution in [1.29, 1.82) is 5.41 Å². The van der Waals surface area contributed by atoms with E-state index in [1.807, 2.05) is 6.92 Å². The molecule has 0 atom stereocenters. The lowest BCUT2D eigenvalue weighted by Gasteiger charge is -2.07. The van der Waals surface area contributed by atoms with Gasteiger partial charge in [-0.25, -0.2) is 14.4 Å². The standard InChI is InChI=1S/C25H27N5O4/c1-4-6-8-9-10-13(3)22-27-18-16(24(33)29-22)20(31)19-17(21(18)32)25(34)30-15(26)12-14(11-7-5-2)23(30)28-19/h12,26H,3-11H2,1-2H3,(H,27,29,33). The Balaban J connectivity index is 1.98. The van der Waals surface area contributed by atoms with Crippen molar-refractivity contribution in [3.63, 3.8) is 0 Å². The smallest absolute Gasteiger partial charge is 0.271 e. The third-order valence-corrected chi connectivity index (χ3v) is 6.19. The summed E-state index contributed by atoms with van der Waals surface area (Å²) in [5.74, 6) is 0.135. The number of nitrogens with zero attached hydrogens (tertiary/aromatic N) is 3. The largest absolute Gasteiger partial charge is 0.306 e. The normalized spacial score (nSPS) is 11.7. The van der Waals surface area contributed by atoms with Gasteiger partial charge in [-0.2, -0.15) is 0 Å². The Morgan fingerprint density at radius 1 is 0.971 bits per heavy atom. The van der Waals surface area contributed by atoms with Crippen LogP contribution in [0.5, 0.6) is 0 Å². The van der Waals surface area contributed by atoms with E-state index in [1.165, 1.54) is 6.07 Å². The molecule has 0 fully saturated rings. The van der Waals surface area contributed by atoms with Gasteiger partial charge in [-0.3, -0.25) is 24.6 Å². The van der Waals surface area contributed by atoms with Crippen LogP contribution in [0.3, 0.4) is 0 Å². The van der Waals surface area contributed by atoms with Gasteiger partial charge in [0.1, 0.15) is 38.8 Å². The van der Waals surface area contributed by atoms with Crippen molar-refractivity contribution in [3.05, 3.63) is 70.7 Å². The van der Waals surface area contributed by atoms with E-state index in [9.17, 15) is 19.2 Å². The summed E-state index contributed by atoms with van der Waals surface area (Å²) >= 11 is 0. The van der Waals surface area contributed by atoms with Crippen LogP contribution in [-0.4, -0.2) is 19.4 Å². The molecule has 176 valence electrons. The fourth-order valence-corrected chi connectivity index (χ4v) is 4.31. The molecule has 0 spiro atoms. The molecule has 0 aliphatic heterocycles. The number of nitrogens with one attached hydrogen (secondary N) is 2. The molecule has 9 nitrogen and oxygen atoms in total. The zero-order valence-corrected chi connectivity index (χ0v) is 19.4. The van der Waals surface area contributed by atoms with Gasteiger partial charge in [-0.1, -0.05) is 46.1 Å². The molecule has 0 bridgehead atoms. The second-order valence-corrected chi connectivity index (χ2v) is 8.67. The van der Waals surface area contributed by atoms with Crippen LogP contribution in [0.1, 0.15) is 70.2 Å². The highest BCUT2D eigenvalue weighted by atomic mass is 16.2. The minimum Gasteiger partial charge on any atom is -0.306 e. The average Bonchev–Trinajstić information content (AvgIpc) is 3.13. The van der Waals surface area contributed by atoms with Crippen molar-refractivity contribution >= 4 is 33.0 Å². The van der Waals surface area contributed by atoms with Crippen molar-refractivity contribution in [1.82, 2.24) is 19.4 Å². The third kappa shape index (κ3) is 3.81. The van der Waals surface area contributed by atoms with Gasteiger partial charge in [-0.05, 0) is 42.9 Å². The van der Waals surface area contributed by atoms with Crippen molar-refractivity contribution in [2.45, 2.75) is 65.2 Å². The molecule has 4 aromatic rings. The number of hydrogen-bond donors (Lipinski definition) is 2. The van der Waals surface area contributed by atoms with E-state index in [4.69, 9.17) is 5.41 Å². The number of rotatable bonds is 9. The summed E-state index contributed by atoms with van der Waals surface area (Å²) in [4.78, 5) is 63.8. The Morgan fingerprint density at radius 2 is 1.65 bits per heavy atom. The minimum atomic E-state index is -0.835. The van der Waals surface area contributed by atoms with Gasteiger partial charge in [-0.15, -0.1) is 0 Å². The number of H-pyrrole nitrogens is 1. The Morgan fingerprint density at radius 3 is 2.35 bits per heavy atom. The Kier molecular flexibility index (Phi) is 6.37. The molecule has 0 saturated carbocycles. The summed E-state index contributed by atoms with van der Waals surface area (Å²) in [5.41, 5.74) is -2.64. The van der Waals surface area contributed by atoms with Crippen LogP contribution in [0.4, 0.5) is 0 Å². The van der Waals surface area contributed by atoms with Gasteiger partial charge in [0.2, 0.25) is 10.9 Å². The monoisotopic (exact) mass is 461 g/mol. The first-order valence-electron chi connectivity index (χ1n) is 11.7. The van der Waals surface area contributed by atoms with E-state index in [-0.39, 0.29) is 28.0 Å². The molecule has 4 rings (SSSR count). The molecule has 0 aliphatic carbocycles. The Hall–Kier alpha value is -3.75. The highest BCUT2D eigenvalue weighted by Gasteiger charge is 2.22. The molecule has 34 heavy (non-hydrogen) atoms. The zero-order chi connectivity index (χ0) is 24.6. The van der Waals surface area contributed by atoms with Crippen molar-refractivity contribution < 1.29 is 0 Å². The van der Waals surface area contributed by atoms with E-state index >= 15 is 0 Å². The van der Waals surface area contributed by atoms with E-state index in [2.05, 4.69) is 28.5 Å². The Bertz CT molecular complexity index is 1700. The highest BCUT2D eigenvalue weighted by molar-refractivity contribution is 5.94. The van der Waals surface area contributed by atoms with Crippen LogP contribution in [0.25, 0.3) is 33.0 Å². The predicted octanol–water partition coefficient (Wildman–Crippen LogP) is 2.49. The first-order valence-corrected chi connectivity index (χ1v) is 11.7. The Labute approximate surface area is 194 Å². The number of fused-ring (bicyclic) bond motifs is 3. The maximum Gasteiger partial charge on any atom is 0.271 e. The van der Waals surface area contributed by atoms with Crippen molar-refractivity contribution in [2.75, 3.05) is 0 Å². The van der Waals surface area contributed by atoms with Crippen LogP contribution >= 0.6 is 0 Å². The fraction of sp³-hybridized carbons (Fsp3) is 0.400. The number of allylic oxidation sites excluding steroid dienone is 1. The summed E-state index contributed by atoms with van der Waals surface area (Å²) in [6, 6.07) is 1.53. The second kappa shape index (κ2) is 9.24. The van der Waals surface area contributed by atoms with Gasteiger partial charge >= 0.3 is 0 Å². The number of benzene rings is 1. The third-order valence-electron chi connectivity index (χ3n) is 6.19. The lowest BCUT2D eigenvalue weighted by Crippen LogP contribution is -2.32. The second-order valence-electron chi connectivity index (χ2n) is 8.67. The molecular formula is C25H27N5O4. The molecule has 3 heterocycles. The van der Waals surface area contributed by atoms with E-state index < -0.39 is 32.7 Å². The number of hydrogen-bond acceptors (Lipinski definition) is 7. The van der Waals surface area contributed by atoms with Crippen LogP contribution in [0.15, 0.2) is 31.8 Å². The maximum absolute atomic E-state index is 13.3. The van der Waals surface area contributed by atoms with Gasteiger partial charge in [0.25, 0.3) is 11.1 Å². The maximum atomic E-state index is 13.3. The van der Waals surface area contributed by atoms with E-state index in [0.717, 1.165) is 42.9 Å². The van der Waals surface area contributed by atoms with Gasteiger partial charge in [0.15, 0.2) is 0 Å². The van der Waals surface area contributed by atoms with E-state index in [0.29, 0.717) is 24.0 Å². The number of unbranched alkanes of at least 4 members (excludes halogenated alkanes) is 4. The number of aromatic nitrogens is 4. The molecule has 1 aromatic carbocycles. The molecule has 9 heteroatoms. The summed E-state index contributed by atoms with van der Waals surface area (Å²) in [6.45, 7) is 8.09. The lowest BCUT2D eigenvalue weighted by molar-refractivity contribution is 0.677. The summed E-state index contributed by atoms with van der Waals surface area (Å²) in [5, 5.41) is 7.34. The summed E-state index contributed by atoms with van der Waals surface area (Å²) in [7, 11) is 0. The van der Waals surface area contributed by atoms with Crippen LogP contribution in [0.2, 0.25) is 0 Å². The quantitative estimate of drug-likeness (QED) is 0.290. The average molecular weight is 462 g/mol. The molecule has 0 radical (unpaired) electrons. The topological polar surface area (TPSA) is 138 Å². The van der Waals surface area contributed by atoms with Crippen molar-refractivity contribution in [3.8, 4) is 0 Å². The lowest BCUT2D eigenvalue weighted by atomic mass is 10.1. The van der Waals surface area contributed by atoms with Gasteiger partial charge in [0, 0.05) is 0 Å². The van der Waals surface area contributed by atoms with Gasteiger partial charge < -0.3 is 4.98 Å². The molecule has 3 aromatic heterocycles. The fourth-order valence-electron chi connectivity index (χ4n) is 4.31. The molecule has 0 saturated heterocycles. The van der Waals surface area contributed by atoms with Gasteiger partial charge in [0.05, 0.1) is 0 Å². The summed E-state index contributed by atoms with van der Waals surface area (Å²) < 4.78 is 1.04. The first-order chi connectivity index (χ1) is 16.3. The molecule has 0 unspecified atom stereocenters. The number of aryl methyl sites for hydroxylation is 1. The zero-order valence-electron chi connectivity index (χ0n) is 19.4. The predicted molar refractivity (Wildman–Crippen MR) is 132 cm³/mol. The SMILES string of the molecule is C=C(CCCCCC)c1nc2c(=O)c3c(=O)n4c(=N)cc(CCCC)c4nc3c(=O)c2c(=O)[nH]1. The van der Waals surface area contributed by atoms with Crippen LogP contribution in [0, 0.1) is 5.41 Å². The van der Waals surface area contributed by atoms with E-state index in [1.54, 1.807) is 0 Å². The molecule has 2 N–H and O–H groups in total. The highest BCUT2D eigenvalue weighted by Crippen LogP contribution is 2.17. The first kappa shape index (κ1) is 23.4. The number of aromatic amines is 1. The van der Waals surface area contributed by atoms with Crippen LogP contribution in [-0.2, 0) is 6.42 Å². The molecule has 0 aliphatic rings. The minimum absolute atomic E-state index is 0.104.